The first-order valence-corrected chi connectivity index (χ1v) is 9.19. The molecule has 0 aliphatic heterocycles. The van der Waals surface area contributed by atoms with Crippen LogP contribution < -0.4 is 10.1 Å². The lowest BCUT2D eigenvalue weighted by atomic mass is 10.1. The molecule has 29 heavy (non-hydrogen) atoms. The number of nitrogens with one attached hydrogen (secondary N) is 1. The Balaban J connectivity index is 1.37. The van der Waals surface area contributed by atoms with Crippen LogP contribution in [0.5, 0.6) is 5.75 Å². The van der Waals surface area contributed by atoms with E-state index >= 15 is 0 Å². The molecule has 5 nitrogen and oxygen atoms in total. The summed E-state index contributed by atoms with van der Waals surface area (Å²) in [6.07, 6.45) is 0.340. The maximum Gasteiger partial charge on any atom is 0.291 e. The van der Waals surface area contributed by atoms with Crippen LogP contribution in [0.15, 0.2) is 83.3 Å². The molecule has 1 aromatic heterocycles. The molecule has 0 saturated carbocycles. The van der Waals surface area contributed by atoms with Crippen LogP contribution in [0.1, 0.15) is 21.9 Å². The number of ether oxygens (including phenoxy) is 1. The molecule has 0 spiro atoms. The van der Waals surface area contributed by atoms with Gasteiger partial charge in [-0.3, -0.25) is 4.79 Å². The van der Waals surface area contributed by atoms with Gasteiger partial charge in [0.25, 0.3) is 5.91 Å². The summed E-state index contributed by atoms with van der Waals surface area (Å²) in [6.45, 7) is 0.231. The second kappa shape index (κ2) is 8.32. The summed E-state index contributed by atoms with van der Waals surface area (Å²) in [5, 5.41) is 13.7. The molecule has 1 heterocycles. The van der Waals surface area contributed by atoms with Crippen molar-refractivity contribution in [3.05, 3.63) is 95.9 Å². The van der Waals surface area contributed by atoms with E-state index in [9.17, 15) is 4.79 Å². The van der Waals surface area contributed by atoms with E-state index in [1.165, 1.54) is 0 Å². The summed E-state index contributed by atoms with van der Waals surface area (Å²) < 4.78 is 11.4. The minimum absolute atomic E-state index is 0.211. The van der Waals surface area contributed by atoms with Gasteiger partial charge in [-0.15, -0.1) is 0 Å². The quantitative estimate of drug-likeness (QED) is 0.489. The van der Waals surface area contributed by atoms with E-state index in [1.807, 2.05) is 54.6 Å². The highest BCUT2D eigenvalue weighted by Gasteiger charge is 2.12. The molecule has 5 heteroatoms. The maximum absolute atomic E-state index is 12.4. The van der Waals surface area contributed by atoms with Crippen LogP contribution in [0.2, 0.25) is 0 Å². The lowest BCUT2D eigenvalue weighted by Crippen LogP contribution is -2.10. The molecule has 4 rings (SSSR count). The van der Waals surface area contributed by atoms with Crippen molar-refractivity contribution in [3.8, 4) is 11.8 Å². The summed E-state index contributed by atoms with van der Waals surface area (Å²) in [4.78, 5) is 12.4. The normalized spacial score (nSPS) is 10.4. The second-order valence-corrected chi connectivity index (χ2v) is 6.55. The standard InChI is InChI=1S/C24H18N2O3/c25-14-13-17-5-8-20(9-6-17)26-24(27)23-12-11-22(29-23)16-28-21-10-7-18-3-1-2-4-19(18)15-21/h1-12,15H,13,16H2,(H,26,27). The van der Waals surface area contributed by atoms with E-state index in [-0.39, 0.29) is 18.3 Å². The number of nitrogens with zero attached hydrogens (tertiary/aromatic N) is 1. The molecule has 0 radical (unpaired) electrons. The molecular formula is C24H18N2O3. The Kier molecular flexibility index (Phi) is 5.26. The summed E-state index contributed by atoms with van der Waals surface area (Å²) in [7, 11) is 0. The number of benzene rings is 3. The Morgan fingerprint density at radius 3 is 2.55 bits per heavy atom. The predicted octanol–water partition coefficient (Wildman–Crippen LogP) is 5.33. The van der Waals surface area contributed by atoms with Gasteiger partial charge in [-0.1, -0.05) is 42.5 Å². The van der Waals surface area contributed by atoms with Gasteiger partial charge in [0.15, 0.2) is 5.76 Å². The molecule has 1 amide bonds. The van der Waals surface area contributed by atoms with Crippen LogP contribution in [0.25, 0.3) is 10.8 Å². The van der Waals surface area contributed by atoms with Crippen molar-refractivity contribution in [3.63, 3.8) is 0 Å². The first-order valence-electron chi connectivity index (χ1n) is 9.19. The highest BCUT2D eigenvalue weighted by Crippen LogP contribution is 2.22. The Bertz CT molecular complexity index is 1190. The number of rotatable bonds is 6. The van der Waals surface area contributed by atoms with E-state index in [4.69, 9.17) is 14.4 Å². The lowest BCUT2D eigenvalue weighted by Gasteiger charge is -2.06. The van der Waals surface area contributed by atoms with E-state index in [0.717, 1.165) is 22.1 Å². The fourth-order valence-corrected chi connectivity index (χ4v) is 2.98. The van der Waals surface area contributed by atoms with Gasteiger partial charge in [-0.2, -0.15) is 5.26 Å². The highest BCUT2D eigenvalue weighted by molar-refractivity contribution is 6.02. The van der Waals surface area contributed by atoms with Crippen LogP contribution in [0, 0.1) is 11.3 Å². The maximum atomic E-state index is 12.4. The minimum Gasteiger partial charge on any atom is -0.486 e. The van der Waals surface area contributed by atoms with Gasteiger partial charge < -0.3 is 14.5 Å². The first-order chi connectivity index (χ1) is 14.2. The third kappa shape index (κ3) is 4.45. The molecule has 0 aliphatic rings. The number of fused-ring (bicyclic) bond motifs is 1. The molecule has 3 aromatic carbocycles. The van der Waals surface area contributed by atoms with Crippen LogP contribution in [0.4, 0.5) is 5.69 Å². The number of hydrogen-bond donors (Lipinski definition) is 1. The Hall–Kier alpha value is -4.04. The number of furan rings is 1. The molecule has 4 aromatic rings. The van der Waals surface area contributed by atoms with E-state index in [2.05, 4.69) is 11.4 Å². The van der Waals surface area contributed by atoms with Gasteiger partial charge in [0.05, 0.1) is 12.5 Å². The van der Waals surface area contributed by atoms with E-state index in [0.29, 0.717) is 17.9 Å². The van der Waals surface area contributed by atoms with Crippen molar-refractivity contribution >= 4 is 22.4 Å². The van der Waals surface area contributed by atoms with Crippen LogP contribution >= 0.6 is 0 Å². The molecule has 0 aliphatic carbocycles. The van der Waals surface area contributed by atoms with Crippen molar-refractivity contribution in [1.29, 1.82) is 5.26 Å². The summed E-state index contributed by atoms with van der Waals surface area (Å²) >= 11 is 0. The zero-order valence-corrected chi connectivity index (χ0v) is 15.6. The van der Waals surface area contributed by atoms with Gasteiger partial charge in [-0.25, -0.2) is 0 Å². The van der Waals surface area contributed by atoms with E-state index < -0.39 is 0 Å². The number of carbonyl (C=O) groups excluding carboxylic acids is 1. The van der Waals surface area contributed by atoms with Gasteiger partial charge >= 0.3 is 0 Å². The number of hydrogen-bond acceptors (Lipinski definition) is 4. The Morgan fingerprint density at radius 2 is 1.76 bits per heavy atom. The van der Waals surface area contributed by atoms with Crippen molar-refractivity contribution < 1.29 is 13.9 Å². The van der Waals surface area contributed by atoms with E-state index in [1.54, 1.807) is 24.3 Å². The molecule has 0 atom stereocenters. The SMILES string of the molecule is N#CCc1ccc(NC(=O)c2ccc(COc3ccc4ccccc4c3)o2)cc1. The number of carbonyl (C=O) groups is 1. The minimum atomic E-state index is -0.338. The van der Waals surface area contributed by atoms with Crippen LogP contribution in [-0.4, -0.2) is 5.91 Å². The molecule has 0 saturated heterocycles. The van der Waals surface area contributed by atoms with Gasteiger partial charge in [0.2, 0.25) is 0 Å². The van der Waals surface area contributed by atoms with Gasteiger partial charge in [-0.05, 0) is 52.7 Å². The highest BCUT2D eigenvalue weighted by atomic mass is 16.5. The predicted molar refractivity (Wildman–Crippen MR) is 111 cm³/mol. The molecular weight excluding hydrogens is 364 g/mol. The smallest absolute Gasteiger partial charge is 0.291 e. The molecule has 0 unspecified atom stereocenters. The third-order valence-electron chi connectivity index (χ3n) is 4.48. The molecule has 0 fully saturated rings. The summed E-state index contributed by atoms with van der Waals surface area (Å²) in [5.41, 5.74) is 1.54. The third-order valence-corrected chi connectivity index (χ3v) is 4.48. The Morgan fingerprint density at radius 1 is 0.966 bits per heavy atom. The van der Waals surface area contributed by atoms with Gasteiger partial charge in [0.1, 0.15) is 18.1 Å². The topological polar surface area (TPSA) is 75.3 Å². The number of amides is 1. The fraction of sp³-hybridized carbons (Fsp3) is 0.0833. The zero-order valence-electron chi connectivity index (χ0n) is 15.6. The second-order valence-electron chi connectivity index (χ2n) is 6.55. The number of nitriles is 1. The van der Waals surface area contributed by atoms with Crippen molar-refractivity contribution in [2.24, 2.45) is 0 Å². The van der Waals surface area contributed by atoms with Crippen LogP contribution in [-0.2, 0) is 13.0 Å². The molecule has 1 N–H and O–H groups in total. The monoisotopic (exact) mass is 382 g/mol. The lowest BCUT2D eigenvalue weighted by molar-refractivity contribution is 0.0992. The zero-order chi connectivity index (χ0) is 20.1. The molecule has 0 bridgehead atoms. The first kappa shape index (κ1) is 18.3. The Labute approximate surface area is 168 Å². The largest absolute Gasteiger partial charge is 0.486 e. The summed E-state index contributed by atoms with van der Waals surface area (Å²) in [5.74, 6) is 1.18. The molecule has 142 valence electrons. The van der Waals surface area contributed by atoms with Crippen molar-refractivity contribution in [2.45, 2.75) is 13.0 Å². The fourth-order valence-electron chi connectivity index (χ4n) is 2.98. The number of anilines is 1. The van der Waals surface area contributed by atoms with Crippen molar-refractivity contribution in [2.75, 3.05) is 5.32 Å². The van der Waals surface area contributed by atoms with Crippen LogP contribution in [0.3, 0.4) is 0 Å². The summed E-state index contributed by atoms with van der Waals surface area (Å²) in [6, 6.07) is 26.5. The van der Waals surface area contributed by atoms with Gasteiger partial charge in [0, 0.05) is 5.69 Å². The average molecular weight is 382 g/mol. The average Bonchev–Trinajstić information content (AvgIpc) is 3.23. The van der Waals surface area contributed by atoms with Crippen molar-refractivity contribution in [1.82, 2.24) is 0 Å².